The van der Waals surface area contributed by atoms with Gasteiger partial charge in [0.15, 0.2) is 0 Å². The molecular formula is Br3P. The Hall–Kier alpha value is 1.87. The van der Waals surface area contributed by atoms with Crippen molar-refractivity contribution in [2.75, 3.05) is 0 Å². The summed E-state index contributed by atoms with van der Waals surface area (Å²) in [6, 6.07) is 0. The third kappa shape index (κ3) is 9.12. The number of halogens is 3. The smallest absolute Gasteiger partial charge is 1.00 e. The van der Waals surface area contributed by atoms with Crippen LogP contribution >= 0.6 is 9.90 Å². The zero-order valence-corrected chi connectivity index (χ0v) is 7.23. The molecule has 0 N–H and O–H groups in total. The molecule has 0 saturated carbocycles. The third-order valence-electron chi connectivity index (χ3n) is 0. The van der Waals surface area contributed by atoms with Crippen molar-refractivity contribution in [2.24, 2.45) is 0 Å². The van der Waals surface area contributed by atoms with Gasteiger partial charge in [-0.25, -0.2) is 0 Å². The van der Waals surface area contributed by atoms with Crippen LogP contribution in [0.15, 0.2) is 0 Å². The molecule has 2 radical (unpaired) electrons. The summed E-state index contributed by atoms with van der Waals surface area (Å²) in [5, 5.41) is 0. The minimum absolute atomic E-state index is 0. The van der Waals surface area contributed by atoms with Crippen molar-refractivity contribution in [3.63, 3.8) is 0 Å². The summed E-state index contributed by atoms with van der Waals surface area (Å²) < 4.78 is 0. The van der Waals surface area contributed by atoms with Crippen molar-refractivity contribution in [3.05, 3.63) is 0 Å². The zero-order valence-electron chi connectivity index (χ0n) is 1.58. The van der Waals surface area contributed by atoms with E-state index in [1.54, 1.807) is 0 Å². The second-order valence-corrected chi connectivity index (χ2v) is 0. The van der Waals surface area contributed by atoms with Gasteiger partial charge in [0.1, 0.15) is 0 Å². The summed E-state index contributed by atoms with van der Waals surface area (Å²) in [5.41, 5.74) is 0. The Kier molecular flexibility index (Phi) is 208. The van der Waals surface area contributed by atoms with Gasteiger partial charge in [0.25, 0.3) is 0 Å². The fourth-order valence-electron chi connectivity index (χ4n) is 0. The first kappa shape index (κ1) is 39.8. The van der Waals surface area contributed by atoms with E-state index in [4.69, 9.17) is 0 Å². The van der Waals surface area contributed by atoms with Crippen LogP contribution in [0.5, 0.6) is 0 Å². The van der Waals surface area contributed by atoms with Crippen LogP contribution in [0.4, 0.5) is 0 Å². The molecule has 0 aliphatic carbocycles. The first-order valence-corrected chi connectivity index (χ1v) is 0. The SMILES string of the molecule is [Br-].[Br-].[Br-].[P+3]. The van der Waals surface area contributed by atoms with Gasteiger partial charge in [0, 0.05) is 0 Å². The van der Waals surface area contributed by atoms with E-state index in [1.165, 1.54) is 0 Å². The van der Waals surface area contributed by atoms with Gasteiger partial charge >= 0.3 is 9.90 Å². The van der Waals surface area contributed by atoms with Crippen LogP contribution in [0.25, 0.3) is 0 Å². The third-order valence-corrected chi connectivity index (χ3v) is 0. The molecule has 0 heterocycles. The fraction of sp³-hybridized carbons (Fsp3) is 0. The Morgan fingerprint density at radius 1 is 0.500 bits per heavy atom. The van der Waals surface area contributed by atoms with Gasteiger partial charge in [-0.15, -0.1) is 0 Å². The molecule has 0 aliphatic heterocycles. The average molecular weight is 271 g/mol. The van der Waals surface area contributed by atoms with Crippen LogP contribution < -0.4 is 50.9 Å². The van der Waals surface area contributed by atoms with Gasteiger partial charge in [0.05, 0.1) is 0 Å². The Bertz CT molecular complexity index is 3.25. The molecular weight excluding hydrogens is 271 g/mol. The molecule has 0 aromatic rings. The van der Waals surface area contributed by atoms with E-state index >= 15 is 0 Å². The van der Waals surface area contributed by atoms with Crippen molar-refractivity contribution in [2.45, 2.75) is 0 Å². The Morgan fingerprint density at radius 2 is 0.500 bits per heavy atom. The molecule has 0 bridgehead atoms. The molecule has 26 valence electrons. The molecule has 0 spiro atoms. The van der Waals surface area contributed by atoms with Crippen LogP contribution in [-0.4, -0.2) is 0 Å². The summed E-state index contributed by atoms with van der Waals surface area (Å²) in [4.78, 5) is 0. The molecule has 0 aliphatic rings. The van der Waals surface area contributed by atoms with Crippen molar-refractivity contribution < 1.29 is 50.9 Å². The van der Waals surface area contributed by atoms with E-state index in [9.17, 15) is 0 Å². The van der Waals surface area contributed by atoms with E-state index in [-0.39, 0.29) is 60.8 Å². The second-order valence-electron chi connectivity index (χ2n) is 0. The van der Waals surface area contributed by atoms with Gasteiger partial charge in [-0.05, 0) is 0 Å². The molecule has 0 fully saturated rings. The first-order valence-electron chi connectivity index (χ1n) is 0. The number of hydrogen-bond donors (Lipinski definition) is 0. The minimum Gasteiger partial charge on any atom is -1.00 e. The van der Waals surface area contributed by atoms with Gasteiger partial charge in [0.2, 0.25) is 0 Å². The molecule has 4 heavy (non-hydrogen) atoms. The summed E-state index contributed by atoms with van der Waals surface area (Å²) in [7, 11) is 0. The van der Waals surface area contributed by atoms with Gasteiger partial charge in [-0.3, -0.25) is 0 Å². The first-order chi connectivity index (χ1) is 0. The molecule has 0 atom stereocenters. The predicted octanol–water partition coefficient (Wildman–Crippen LogP) is -8.13. The van der Waals surface area contributed by atoms with E-state index in [0.717, 1.165) is 0 Å². The monoisotopic (exact) mass is 268 g/mol. The van der Waals surface area contributed by atoms with Gasteiger partial charge < -0.3 is 50.9 Å². The summed E-state index contributed by atoms with van der Waals surface area (Å²) in [6.45, 7) is 0. The topological polar surface area (TPSA) is 0 Å². The van der Waals surface area contributed by atoms with Crippen molar-refractivity contribution >= 4 is 9.90 Å². The summed E-state index contributed by atoms with van der Waals surface area (Å²) in [5.74, 6) is 0. The normalized spacial score (nSPS) is 0. The van der Waals surface area contributed by atoms with E-state index in [0.29, 0.717) is 0 Å². The van der Waals surface area contributed by atoms with Crippen LogP contribution in [0.2, 0.25) is 0 Å². The maximum Gasteiger partial charge on any atom is 3.00 e. The molecule has 0 saturated heterocycles. The molecule has 0 aromatic carbocycles. The van der Waals surface area contributed by atoms with Crippen molar-refractivity contribution in [1.29, 1.82) is 0 Å². The Balaban J connectivity index is 0. The Morgan fingerprint density at radius 3 is 0.500 bits per heavy atom. The second kappa shape index (κ2) is 20.9. The van der Waals surface area contributed by atoms with Crippen LogP contribution in [0, 0.1) is 0 Å². The van der Waals surface area contributed by atoms with Crippen LogP contribution in [0.3, 0.4) is 0 Å². The van der Waals surface area contributed by atoms with Gasteiger partial charge in [-0.1, -0.05) is 0 Å². The number of rotatable bonds is 0. The molecule has 0 unspecified atom stereocenters. The van der Waals surface area contributed by atoms with Crippen molar-refractivity contribution in [1.82, 2.24) is 0 Å². The fourth-order valence-corrected chi connectivity index (χ4v) is 0. The average Bonchev–Trinajstić information content (AvgIpc) is 0. The molecule has 0 aromatic heterocycles. The predicted molar refractivity (Wildman–Crippen MR) is 6.92 cm³/mol. The van der Waals surface area contributed by atoms with E-state index in [1.807, 2.05) is 0 Å². The molecule has 0 amide bonds. The minimum atomic E-state index is 0. The molecule has 4 heteroatoms. The van der Waals surface area contributed by atoms with E-state index < -0.39 is 0 Å². The van der Waals surface area contributed by atoms with Crippen molar-refractivity contribution in [3.8, 4) is 0 Å². The van der Waals surface area contributed by atoms with Gasteiger partial charge in [-0.2, -0.15) is 0 Å². The van der Waals surface area contributed by atoms with Crippen LogP contribution in [-0.2, 0) is 0 Å². The molecule has 0 rings (SSSR count). The summed E-state index contributed by atoms with van der Waals surface area (Å²) in [6.07, 6.45) is 0. The maximum absolute atomic E-state index is 0. The van der Waals surface area contributed by atoms with E-state index in [2.05, 4.69) is 0 Å². The quantitative estimate of drug-likeness (QED) is 0.384. The standard InChI is InChI=1S/3BrH.P/h3*1H;/q;;;+3/p-3. The largest absolute Gasteiger partial charge is 3.00 e. The zero-order chi connectivity index (χ0) is 0. The molecule has 0 nitrogen and oxygen atoms in total. The maximum atomic E-state index is 0. The Labute approximate surface area is 60.7 Å². The summed E-state index contributed by atoms with van der Waals surface area (Å²) >= 11 is 0. The van der Waals surface area contributed by atoms with Crippen LogP contribution in [0.1, 0.15) is 0 Å². The number of hydrogen-bond acceptors (Lipinski definition) is 0.